The standard InChI is InChI=1S/C23H29NO/c1-4-20-22(19-13-9-6-10-14-19)24-21(18-11-7-5-8-12-18)16-23(20,25)15-17(2)3/h5-14,20-22,24-25H,2,4,15-16H2,1,3H3/t20-,21-,22-,23+/m1/s1. The molecule has 1 aliphatic heterocycles. The van der Waals surface area contributed by atoms with Crippen LogP contribution in [0.15, 0.2) is 72.8 Å². The molecule has 3 rings (SSSR count). The summed E-state index contributed by atoms with van der Waals surface area (Å²) in [6.45, 7) is 8.27. The Labute approximate surface area is 151 Å². The van der Waals surface area contributed by atoms with E-state index in [1.165, 1.54) is 11.1 Å². The molecule has 0 amide bonds. The summed E-state index contributed by atoms with van der Waals surface area (Å²) < 4.78 is 0. The average molecular weight is 335 g/mol. The molecule has 1 saturated heterocycles. The van der Waals surface area contributed by atoms with E-state index in [1.54, 1.807) is 0 Å². The minimum absolute atomic E-state index is 0.134. The first-order valence-corrected chi connectivity index (χ1v) is 9.26. The molecule has 1 fully saturated rings. The van der Waals surface area contributed by atoms with Crippen LogP contribution >= 0.6 is 0 Å². The molecule has 132 valence electrons. The zero-order valence-corrected chi connectivity index (χ0v) is 15.3. The first kappa shape index (κ1) is 17.9. The molecule has 0 aliphatic carbocycles. The van der Waals surface area contributed by atoms with Crippen LogP contribution in [0.5, 0.6) is 0 Å². The monoisotopic (exact) mass is 335 g/mol. The van der Waals surface area contributed by atoms with Crippen LogP contribution in [0.25, 0.3) is 0 Å². The van der Waals surface area contributed by atoms with Gasteiger partial charge in [0.2, 0.25) is 0 Å². The molecular weight excluding hydrogens is 306 g/mol. The van der Waals surface area contributed by atoms with Crippen molar-refractivity contribution in [1.29, 1.82) is 0 Å². The summed E-state index contributed by atoms with van der Waals surface area (Å²) in [5, 5.41) is 15.5. The summed E-state index contributed by atoms with van der Waals surface area (Å²) in [7, 11) is 0. The molecule has 1 heterocycles. The molecule has 2 aromatic carbocycles. The van der Waals surface area contributed by atoms with Crippen LogP contribution in [-0.2, 0) is 0 Å². The van der Waals surface area contributed by atoms with E-state index in [-0.39, 0.29) is 18.0 Å². The topological polar surface area (TPSA) is 32.3 Å². The van der Waals surface area contributed by atoms with Gasteiger partial charge in [-0.15, -0.1) is 6.58 Å². The molecule has 0 unspecified atom stereocenters. The van der Waals surface area contributed by atoms with Crippen molar-refractivity contribution in [3.05, 3.63) is 83.9 Å². The number of hydrogen-bond acceptors (Lipinski definition) is 2. The maximum atomic E-state index is 11.7. The highest BCUT2D eigenvalue weighted by molar-refractivity contribution is 5.27. The Morgan fingerprint density at radius 3 is 2.16 bits per heavy atom. The van der Waals surface area contributed by atoms with Gasteiger partial charge in [-0.25, -0.2) is 0 Å². The van der Waals surface area contributed by atoms with E-state index in [0.29, 0.717) is 12.8 Å². The van der Waals surface area contributed by atoms with E-state index in [9.17, 15) is 5.11 Å². The lowest BCUT2D eigenvalue weighted by molar-refractivity contribution is -0.0759. The molecule has 0 saturated carbocycles. The van der Waals surface area contributed by atoms with Crippen LogP contribution < -0.4 is 5.32 Å². The lowest BCUT2D eigenvalue weighted by atomic mass is 9.67. The van der Waals surface area contributed by atoms with Gasteiger partial charge in [0.05, 0.1) is 5.60 Å². The summed E-state index contributed by atoms with van der Waals surface area (Å²) in [6, 6.07) is 21.3. The Morgan fingerprint density at radius 2 is 1.64 bits per heavy atom. The van der Waals surface area contributed by atoms with Crippen LogP contribution in [0.4, 0.5) is 0 Å². The molecule has 2 aromatic rings. The van der Waals surface area contributed by atoms with E-state index in [2.05, 4.69) is 67.4 Å². The Balaban J connectivity index is 2.01. The lowest BCUT2D eigenvalue weighted by Crippen LogP contribution is -2.53. The maximum Gasteiger partial charge on any atom is 0.0748 e. The molecule has 4 atom stereocenters. The minimum Gasteiger partial charge on any atom is -0.389 e. The van der Waals surface area contributed by atoms with Crippen LogP contribution in [0, 0.1) is 5.92 Å². The van der Waals surface area contributed by atoms with Gasteiger partial charge in [-0.1, -0.05) is 73.2 Å². The van der Waals surface area contributed by atoms with Crippen molar-refractivity contribution in [3.63, 3.8) is 0 Å². The fourth-order valence-electron chi connectivity index (χ4n) is 4.44. The number of piperidine rings is 1. The third-order valence-electron chi connectivity index (χ3n) is 5.44. The molecule has 0 aromatic heterocycles. The summed E-state index contributed by atoms with van der Waals surface area (Å²) in [5.41, 5.74) is 2.78. The fourth-order valence-corrected chi connectivity index (χ4v) is 4.44. The van der Waals surface area contributed by atoms with E-state index < -0.39 is 5.60 Å². The van der Waals surface area contributed by atoms with Crippen molar-refractivity contribution >= 4 is 0 Å². The van der Waals surface area contributed by atoms with Crippen molar-refractivity contribution in [1.82, 2.24) is 5.32 Å². The Hall–Kier alpha value is -1.90. The molecule has 0 radical (unpaired) electrons. The summed E-state index contributed by atoms with van der Waals surface area (Å²) in [6.07, 6.45) is 2.30. The number of hydrogen-bond donors (Lipinski definition) is 2. The van der Waals surface area contributed by atoms with Gasteiger partial charge < -0.3 is 10.4 Å². The normalized spacial score (nSPS) is 29.3. The number of nitrogens with one attached hydrogen (secondary N) is 1. The number of aliphatic hydroxyl groups is 1. The van der Waals surface area contributed by atoms with Crippen molar-refractivity contribution in [3.8, 4) is 0 Å². The van der Waals surface area contributed by atoms with Gasteiger partial charge in [0.1, 0.15) is 0 Å². The zero-order chi connectivity index (χ0) is 17.9. The third kappa shape index (κ3) is 3.86. The zero-order valence-electron chi connectivity index (χ0n) is 15.3. The van der Waals surface area contributed by atoms with Crippen LogP contribution in [-0.4, -0.2) is 10.7 Å². The van der Waals surface area contributed by atoms with Crippen molar-refractivity contribution < 1.29 is 5.11 Å². The van der Waals surface area contributed by atoms with Gasteiger partial charge in [-0.05, 0) is 37.3 Å². The summed E-state index contributed by atoms with van der Waals surface area (Å²) >= 11 is 0. The second-order valence-corrected chi connectivity index (χ2v) is 7.47. The number of benzene rings is 2. The average Bonchev–Trinajstić information content (AvgIpc) is 2.61. The Kier molecular flexibility index (Phi) is 5.41. The SMILES string of the molecule is C=C(C)C[C@]1(O)C[C@H](c2ccccc2)N[C@H](c2ccccc2)[C@H]1CC. The smallest absolute Gasteiger partial charge is 0.0748 e. The molecule has 0 bridgehead atoms. The van der Waals surface area contributed by atoms with Crippen molar-refractivity contribution in [2.75, 3.05) is 0 Å². The molecule has 2 N–H and O–H groups in total. The van der Waals surface area contributed by atoms with E-state index in [0.717, 1.165) is 12.0 Å². The summed E-state index contributed by atoms with van der Waals surface area (Å²) in [5.74, 6) is 0.159. The highest BCUT2D eigenvalue weighted by Gasteiger charge is 2.47. The largest absolute Gasteiger partial charge is 0.389 e. The van der Waals surface area contributed by atoms with Gasteiger partial charge in [0.25, 0.3) is 0 Å². The van der Waals surface area contributed by atoms with Crippen LogP contribution in [0.2, 0.25) is 0 Å². The predicted molar refractivity (Wildman–Crippen MR) is 104 cm³/mol. The van der Waals surface area contributed by atoms with Gasteiger partial charge in [0.15, 0.2) is 0 Å². The van der Waals surface area contributed by atoms with Crippen LogP contribution in [0.3, 0.4) is 0 Å². The highest BCUT2D eigenvalue weighted by Crippen LogP contribution is 2.47. The third-order valence-corrected chi connectivity index (χ3v) is 5.44. The number of rotatable bonds is 5. The van der Waals surface area contributed by atoms with E-state index in [4.69, 9.17) is 0 Å². The maximum absolute atomic E-state index is 11.7. The second kappa shape index (κ2) is 7.55. The lowest BCUT2D eigenvalue weighted by Gasteiger charge is -2.49. The molecule has 2 nitrogen and oxygen atoms in total. The van der Waals surface area contributed by atoms with Gasteiger partial charge in [-0.2, -0.15) is 0 Å². The summed E-state index contributed by atoms with van der Waals surface area (Å²) in [4.78, 5) is 0. The Morgan fingerprint density at radius 1 is 1.08 bits per heavy atom. The second-order valence-electron chi connectivity index (χ2n) is 7.47. The van der Waals surface area contributed by atoms with Gasteiger partial charge in [-0.3, -0.25) is 0 Å². The predicted octanol–water partition coefficient (Wildman–Crippen LogP) is 5.19. The molecule has 25 heavy (non-hydrogen) atoms. The fraction of sp³-hybridized carbons (Fsp3) is 0.391. The Bertz CT molecular complexity index is 697. The van der Waals surface area contributed by atoms with Crippen LogP contribution in [0.1, 0.15) is 56.3 Å². The van der Waals surface area contributed by atoms with E-state index >= 15 is 0 Å². The highest BCUT2D eigenvalue weighted by atomic mass is 16.3. The van der Waals surface area contributed by atoms with Gasteiger partial charge in [0, 0.05) is 18.0 Å². The van der Waals surface area contributed by atoms with Gasteiger partial charge >= 0.3 is 0 Å². The van der Waals surface area contributed by atoms with Crippen molar-refractivity contribution in [2.24, 2.45) is 5.92 Å². The quantitative estimate of drug-likeness (QED) is 0.737. The molecule has 1 aliphatic rings. The van der Waals surface area contributed by atoms with Crippen molar-refractivity contribution in [2.45, 2.75) is 50.8 Å². The minimum atomic E-state index is -0.743. The molecule has 2 heteroatoms. The molecule has 0 spiro atoms. The molecular formula is C23H29NO. The van der Waals surface area contributed by atoms with E-state index in [1.807, 2.05) is 19.1 Å². The first-order valence-electron chi connectivity index (χ1n) is 9.26. The first-order chi connectivity index (χ1) is 12.0.